The van der Waals surface area contributed by atoms with Crippen molar-refractivity contribution in [1.29, 1.82) is 0 Å². The fourth-order valence-electron chi connectivity index (χ4n) is 0. The zero-order valence-electron chi connectivity index (χ0n) is 4.12. The summed E-state index contributed by atoms with van der Waals surface area (Å²) in [5.41, 5.74) is 0. The van der Waals surface area contributed by atoms with Crippen LogP contribution < -0.4 is 34.7 Å². The van der Waals surface area contributed by atoms with Gasteiger partial charge in [0.25, 0.3) is 0 Å². The second-order valence-electron chi connectivity index (χ2n) is 0.247. The average Bonchev–Trinajstić information content (AvgIpc) is 1.41. The molecule has 0 aromatic carbocycles. The molecule has 0 saturated carbocycles. The Morgan fingerprint density at radius 2 is 1.14 bits per heavy atom. The van der Waals surface area contributed by atoms with Gasteiger partial charge in [-0.2, -0.15) is 7.11 Å². The van der Waals surface area contributed by atoms with Gasteiger partial charge in [-0.1, -0.05) is 0 Å². The van der Waals surface area contributed by atoms with Crippen molar-refractivity contribution in [3.8, 4) is 0 Å². The molecule has 0 saturated heterocycles. The first-order chi connectivity index (χ1) is 2.73. The van der Waals surface area contributed by atoms with Gasteiger partial charge in [-0.3, -0.25) is 12.9 Å². The molecule has 0 bridgehead atoms. The number of halogens is 3. The molecule has 6 heteroatoms. The molecule has 0 aliphatic carbocycles. The van der Waals surface area contributed by atoms with Gasteiger partial charge in [-0.15, -0.1) is 0 Å². The summed E-state index contributed by atoms with van der Waals surface area (Å²) < 4.78 is 29.0. The summed E-state index contributed by atoms with van der Waals surface area (Å²) in [4.78, 5) is 0. The summed E-state index contributed by atoms with van der Waals surface area (Å²) in [6.45, 7) is 0. The van der Waals surface area contributed by atoms with Crippen LogP contribution in [0.5, 0.6) is 0 Å². The van der Waals surface area contributed by atoms with Gasteiger partial charge in [0, 0.05) is 0 Å². The molecule has 0 radical (unpaired) electrons. The third kappa shape index (κ3) is 238. The summed E-state index contributed by atoms with van der Waals surface area (Å²) in [7, 11) is -2.92. The summed E-state index contributed by atoms with van der Waals surface area (Å²) in [6, 6.07) is 0. The third-order valence-electron chi connectivity index (χ3n) is 0. The maximum Gasteiger partial charge on any atom is 1.00 e. The maximum absolute atomic E-state index is 9.67. The van der Waals surface area contributed by atoms with Crippen LogP contribution in [0.2, 0.25) is 0 Å². The first kappa shape index (κ1) is 15.7. The second-order valence-corrected chi connectivity index (χ2v) is 0.247. The van der Waals surface area contributed by atoms with Crippen molar-refractivity contribution < 1.29 is 47.6 Å². The molecule has 0 amide bonds. The Morgan fingerprint density at radius 3 is 1.14 bits per heavy atom. The number of hydrogen-bond donors (Lipinski definition) is 0. The summed E-state index contributed by atoms with van der Waals surface area (Å²) in [5, 5.41) is 8.25. The minimum absolute atomic E-state index is 0. The third-order valence-corrected chi connectivity index (χ3v) is 0. The number of rotatable bonds is 0. The van der Waals surface area contributed by atoms with Crippen LogP contribution in [0.25, 0.3) is 0 Å². The van der Waals surface area contributed by atoms with E-state index in [1.165, 1.54) is 0 Å². The largest absolute Gasteiger partial charge is 1.00 e. The minimum Gasteiger partial charge on any atom is -0.857 e. The molecule has 0 fully saturated rings. The van der Waals surface area contributed by atoms with E-state index in [1.807, 2.05) is 0 Å². The van der Waals surface area contributed by atoms with Crippen LogP contribution >= 0.6 is 0 Å². The molecule has 0 unspecified atom stereocenters. The quantitative estimate of drug-likeness (QED) is 0.311. The molecule has 0 atom stereocenters. The van der Waals surface area contributed by atoms with Crippen LogP contribution in [0.3, 0.4) is 0 Å². The first-order valence-corrected chi connectivity index (χ1v) is 1.06. The van der Waals surface area contributed by atoms with Gasteiger partial charge in [0.1, 0.15) is 0 Å². The van der Waals surface area contributed by atoms with Gasteiger partial charge in [-0.05, 0) is 0 Å². The van der Waals surface area contributed by atoms with Crippen molar-refractivity contribution in [2.45, 2.75) is 0 Å². The Hall–Kier alpha value is 0.815. The smallest absolute Gasteiger partial charge is 0.857 e. The van der Waals surface area contributed by atoms with E-state index in [1.54, 1.807) is 0 Å². The molecule has 0 rings (SSSR count). The van der Waals surface area contributed by atoms with Crippen molar-refractivity contribution >= 4 is 7.54 Å². The van der Waals surface area contributed by atoms with Crippen LogP contribution in [0.15, 0.2) is 0 Å². The van der Waals surface area contributed by atoms with Crippen molar-refractivity contribution in [3.63, 3.8) is 0 Å². The van der Waals surface area contributed by atoms with E-state index in [0.29, 0.717) is 0 Å². The molecule has 0 aromatic heterocycles. The van der Waals surface area contributed by atoms with Crippen molar-refractivity contribution in [3.05, 3.63) is 0 Å². The van der Waals surface area contributed by atoms with Crippen molar-refractivity contribution in [1.82, 2.24) is 0 Å². The Balaban J connectivity index is -0.0000000480. The average molecular weight is 122 g/mol. The zero-order chi connectivity index (χ0) is 5.58. The van der Waals surface area contributed by atoms with Crippen LogP contribution in [-0.2, 0) is 0 Å². The van der Waals surface area contributed by atoms with Gasteiger partial charge in [-0.25, -0.2) is 0 Å². The van der Waals surface area contributed by atoms with Crippen LogP contribution in [-0.4, -0.2) is 14.7 Å². The predicted octanol–water partition coefficient (Wildman–Crippen LogP) is -3.14. The van der Waals surface area contributed by atoms with Crippen LogP contribution in [0.4, 0.5) is 12.9 Å². The molecular weight excluding hydrogens is 119 g/mol. The van der Waals surface area contributed by atoms with Gasteiger partial charge < -0.3 is 5.11 Å². The topological polar surface area (TPSA) is 23.1 Å². The summed E-state index contributed by atoms with van der Waals surface area (Å²) >= 11 is 0. The van der Waals surface area contributed by atoms with E-state index < -0.39 is 7.54 Å². The fraction of sp³-hybridized carbons (Fsp3) is 1.00. The van der Waals surface area contributed by atoms with Crippen molar-refractivity contribution in [2.75, 3.05) is 7.11 Å². The molecule has 38 valence electrons. The molecular formula is CH3BF3NaO. The van der Waals surface area contributed by atoms with E-state index >= 15 is 0 Å². The number of hydrogen-bond acceptors (Lipinski definition) is 1. The Bertz CT molecular complexity index is 19.7. The monoisotopic (exact) mass is 122 g/mol. The zero-order valence-corrected chi connectivity index (χ0v) is 6.12. The molecule has 0 aliphatic rings. The maximum atomic E-state index is 9.67. The summed E-state index contributed by atoms with van der Waals surface area (Å²) in [6.07, 6.45) is 0. The van der Waals surface area contributed by atoms with E-state index in [4.69, 9.17) is 5.11 Å². The first-order valence-electron chi connectivity index (χ1n) is 1.06. The van der Waals surface area contributed by atoms with Gasteiger partial charge >= 0.3 is 37.1 Å². The van der Waals surface area contributed by atoms with Crippen LogP contribution in [0, 0.1) is 0 Å². The molecule has 0 N–H and O–H groups in total. The van der Waals surface area contributed by atoms with Gasteiger partial charge in [0.2, 0.25) is 0 Å². The van der Waals surface area contributed by atoms with Gasteiger partial charge in [0.05, 0.1) is 0 Å². The Morgan fingerprint density at radius 1 is 1.14 bits per heavy atom. The van der Waals surface area contributed by atoms with Crippen LogP contribution in [0.1, 0.15) is 0 Å². The fourth-order valence-corrected chi connectivity index (χ4v) is 0. The standard InChI is InChI=1S/CH3O.BF3.Na/c1-2;2-1(3)4;/h1H3;;/q-1;;+1. The molecule has 1 nitrogen and oxygen atoms in total. The Kier molecular flexibility index (Phi) is 35.4. The molecule has 0 spiro atoms. The normalized spacial score (nSPS) is 4.71. The minimum atomic E-state index is -3.67. The van der Waals surface area contributed by atoms with E-state index in [-0.39, 0.29) is 29.6 Å². The molecule has 0 aliphatic heterocycles. The van der Waals surface area contributed by atoms with Crippen molar-refractivity contribution in [2.24, 2.45) is 0 Å². The Labute approximate surface area is 62.4 Å². The molecule has 0 heterocycles. The van der Waals surface area contributed by atoms with E-state index in [9.17, 15) is 12.9 Å². The van der Waals surface area contributed by atoms with E-state index in [0.717, 1.165) is 7.11 Å². The molecule has 7 heavy (non-hydrogen) atoms. The second kappa shape index (κ2) is 15.8. The van der Waals surface area contributed by atoms with Gasteiger partial charge in [0.15, 0.2) is 0 Å². The SMILES string of the molecule is C[O-].FB(F)F.[Na+]. The summed E-state index contributed by atoms with van der Waals surface area (Å²) in [5.74, 6) is 0. The predicted molar refractivity (Wildman–Crippen MR) is 15.0 cm³/mol. The molecule has 0 aromatic rings. The van der Waals surface area contributed by atoms with E-state index in [2.05, 4.69) is 0 Å².